The molecule has 2 fully saturated rings. The molecule has 4 nitrogen and oxygen atoms in total. The lowest BCUT2D eigenvalue weighted by molar-refractivity contribution is 0.252. The summed E-state index contributed by atoms with van der Waals surface area (Å²) in [4.78, 5) is 14.3. The molecule has 5 heteroatoms. The molecule has 2 saturated heterocycles. The molecule has 1 aromatic carbocycles. The normalized spacial score (nSPS) is 23.3. The summed E-state index contributed by atoms with van der Waals surface area (Å²) in [5.74, 6) is 2.95. The van der Waals surface area contributed by atoms with E-state index in [9.17, 15) is 0 Å². The van der Waals surface area contributed by atoms with Gasteiger partial charge in [-0.2, -0.15) is 0 Å². The number of nitrogens with zero attached hydrogens (tertiary/aromatic N) is 4. The van der Waals surface area contributed by atoms with Crippen LogP contribution in [0.15, 0.2) is 30.6 Å². The summed E-state index contributed by atoms with van der Waals surface area (Å²) >= 11 is 6.01. The van der Waals surface area contributed by atoms with E-state index in [1.165, 1.54) is 61.4 Å². The fourth-order valence-corrected chi connectivity index (χ4v) is 5.56. The van der Waals surface area contributed by atoms with Crippen LogP contribution in [0.5, 0.6) is 0 Å². The number of likely N-dealkylation sites (tertiary alicyclic amines) is 1. The van der Waals surface area contributed by atoms with Crippen molar-refractivity contribution in [1.82, 2.24) is 14.9 Å². The fourth-order valence-electron chi connectivity index (χ4n) is 5.44. The molecule has 5 rings (SSSR count). The van der Waals surface area contributed by atoms with Crippen molar-refractivity contribution < 1.29 is 0 Å². The van der Waals surface area contributed by atoms with Crippen molar-refractivity contribution in [3.05, 3.63) is 52.4 Å². The van der Waals surface area contributed by atoms with Gasteiger partial charge < -0.3 is 4.90 Å². The molecular formula is C23H29ClN4. The molecule has 0 saturated carbocycles. The van der Waals surface area contributed by atoms with Crippen LogP contribution in [0.3, 0.4) is 0 Å². The minimum absolute atomic E-state index is 0.823. The van der Waals surface area contributed by atoms with E-state index in [0.717, 1.165) is 49.3 Å². The average molecular weight is 397 g/mol. The van der Waals surface area contributed by atoms with E-state index in [0.29, 0.717) is 0 Å². The third-order valence-electron chi connectivity index (χ3n) is 6.99. The number of rotatable bonds is 4. The SMILES string of the molecule is Clc1ccc(CN2CC[C@H](C3CCN(c4ncnc5c4CCC5)CC3)C2)cc1. The monoisotopic (exact) mass is 396 g/mol. The Labute approximate surface area is 172 Å². The first kappa shape index (κ1) is 18.4. The Kier molecular flexibility index (Phi) is 5.25. The molecule has 2 aromatic rings. The van der Waals surface area contributed by atoms with E-state index in [-0.39, 0.29) is 0 Å². The van der Waals surface area contributed by atoms with Crippen molar-refractivity contribution in [3.8, 4) is 0 Å². The van der Waals surface area contributed by atoms with Crippen molar-refractivity contribution in [1.29, 1.82) is 0 Å². The van der Waals surface area contributed by atoms with Gasteiger partial charge in [0, 0.05) is 42.5 Å². The molecule has 3 heterocycles. The summed E-state index contributed by atoms with van der Waals surface area (Å²) < 4.78 is 0. The van der Waals surface area contributed by atoms with Crippen molar-refractivity contribution in [2.24, 2.45) is 11.8 Å². The van der Waals surface area contributed by atoms with Crippen molar-refractivity contribution >= 4 is 17.4 Å². The largest absolute Gasteiger partial charge is 0.356 e. The van der Waals surface area contributed by atoms with Crippen LogP contribution in [-0.4, -0.2) is 41.0 Å². The van der Waals surface area contributed by atoms with E-state index in [1.54, 1.807) is 6.33 Å². The van der Waals surface area contributed by atoms with Gasteiger partial charge in [0.25, 0.3) is 0 Å². The Balaban J connectivity index is 1.16. The molecule has 148 valence electrons. The first-order valence-corrected chi connectivity index (χ1v) is 11.2. The summed E-state index contributed by atoms with van der Waals surface area (Å²) in [7, 11) is 0. The zero-order valence-electron chi connectivity index (χ0n) is 16.5. The van der Waals surface area contributed by atoms with E-state index < -0.39 is 0 Å². The minimum Gasteiger partial charge on any atom is -0.356 e. The quantitative estimate of drug-likeness (QED) is 0.768. The highest BCUT2D eigenvalue weighted by Gasteiger charge is 2.33. The van der Waals surface area contributed by atoms with Crippen LogP contribution in [0, 0.1) is 11.8 Å². The standard InChI is InChI=1S/C23H29ClN4/c24-20-6-4-17(5-7-20)14-27-11-8-19(15-27)18-9-12-28(13-10-18)23-21-2-1-3-22(21)25-16-26-23/h4-7,16,18-19H,1-3,8-15H2/t19-/m0/s1. The van der Waals surface area contributed by atoms with Crippen LogP contribution >= 0.6 is 11.6 Å². The first-order valence-electron chi connectivity index (χ1n) is 10.8. The summed E-state index contributed by atoms with van der Waals surface area (Å²) in [5.41, 5.74) is 4.09. The fraction of sp³-hybridized carbons (Fsp3) is 0.565. The second kappa shape index (κ2) is 8.00. The Morgan fingerprint density at radius 3 is 2.54 bits per heavy atom. The highest BCUT2D eigenvalue weighted by molar-refractivity contribution is 6.30. The van der Waals surface area contributed by atoms with Crippen LogP contribution in [-0.2, 0) is 19.4 Å². The van der Waals surface area contributed by atoms with Gasteiger partial charge in [0.05, 0.1) is 0 Å². The summed E-state index contributed by atoms with van der Waals surface area (Å²) in [5, 5.41) is 0.823. The second-order valence-electron chi connectivity index (χ2n) is 8.71. The van der Waals surface area contributed by atoms with Gasteiger partial charge in [-0.3, -0.25) is 4.90 Å². The molecular weight excluding hydrogens is 368 g/mol. The molecule has 1 aromatic heterocycles. The van der Waals surface area contributed by atoms with Crippen molar-refractivity contribution in [2.75, 3.05) is 31.1 Å². The number of fused-ring (bicyclic) bond motifs is 1. The van der Waals surface area contributed by atoms with Crippen LogP contribution in [0.2, 0.25) is 5.02 Å². The predicted molar refractivity (Wildman–Crippen MR) is 114 cm³/mol. The molecule has 1 atom stereocenters. The highest BCUT2D eigenvalue weighted by Crippen LogP contribution is 2.35. The second-order valence-corrected chi connectivity index (χ2v) is 9.15. The minimum atomic E-state index is 0.823. The highest BCUT2D eigenvalue weighted by atomic mass is 35.5. The lowest BCUT2D eigenvalue weighted by Gasteiger charge is -2.36. The van der Waals surface area contributed by atoms with Crippen LogP contribution in [0.25, 0.3) is 0 Å². The molecule has 0 N–H and O–H groups in total. The van der Waals surface area contributed by atoms with E-state index in [2.05, 4.69) is 31.9 Å². The maximum Gasteiger partial charge on any atom is 0.135 e. The Hall–Kier alpha value is -1.65. The summed E-state index contributed by atoms with van der Waals surface area (Å²) in [6, 6.07) is 8.33. The smallest absolute Gasteiger partial charge is 0.135 e. The van der Waals surface area contributed by atoms with Gasteiger partial charge in [-0.25, -0.2) is 9.97 Å². The maximum atomic E-state index is 6.01. The van der Waals surface area contributed by atoms with Gasteiger partial charge >= 0.3 is 0 Å². The van der Waals surface area contributed by atoms with Gasteiger partial charge in [0.15, 0.2) is 0 Å². The molecule has 28 heavy (non-hydrogen) atoms. The zero-order chi connectivity index (χ0) is 18.9. The van der Waals surface area contributed by atoms with Gasteiger partial charge in [0.1, 0.15) is 12.1 Å². The zero-order valence-corrected chi connectivity index (χ0v) is 17.2. The molecule has 0 radical (unpaired) electrons. The lowest BCUT2D eigenvalue weighted by atomic mass is 9.83. The summed E-state index contributed by atoms with van der Waals surface area (Å²) in [6.07, 6.45) is 9.26. The van der Waals surface area contributed by atoms with Crippen LogP contribution in [0.4, 0.5) is 5.82 Å². The third kappa shape index (κ3) is 3.77. The molecule has 0 unspecified atom stereocenters. The number of piperidine rings is 1. The van der Waals surface area contributed by atoms with E-state index in [4.69, 9.17) is 11.6 Å². The number of aromatic nitrogens is 2. The van der Waals surface area contributed by atoms with Gasteiger partial charge in [-0.15, -0.1) is 0 Å². The van der Waals surface area contributed by atoms with Crippen LogP contribution in [0.1, 0.15) is 42.5 Å². The average Bonchev–Trinajstić information content (AvgIpc) is 3.39. The van der Waals surface area contributed by atoms with Crippen molar-refractivity contribution in [3.63, 3.8) is 0 Å². The van der Waals surface area contributed by atoms with Crippen molar-refractivity contribution in [2.45, 2.75) is 45.1 Å². The molecule has 3 aliphatic rings. The number of hydrogen-bond acceptors (Lipinski definition) is 4. The van der Waals surface area contributed by atoms with Gasteiger partial charge in [0.2, 0.25) is 0 Å². The number of hydrogen-bond donors (Lipinski definition) is 0. The molecule has 1 aliphatic carbocycles. The number of aryl methyl sites for hydroxylation is 1. The third-order valence-corrected chi connectivity index (χ3v) is 7.24. The van der Waals surface area contributed by atoms with Gasteiger partial charge in [-0.05, 0) is 74.6 Å². The first-order chi connectivity index (χ1) is 13.8. The Morgan fingerprint density at radius 1 is 0.929 bits per heavy atom. The summed E-state index contributed by atoms with van der Waals surface area (Å²) in [6.45, 7) is 5.84. The number of anilines is 1. The molecule has 2 aliphatic heterocycles. The Bertz CT molecular complexity index is 814. The van der Waals surface area contributed by atoms with Gasteiger partial charge in [-0.1, -0.05) is 23.7 Å². The van der Waals surface area contributed by atoms with Crippen LogP contribution < -0.4 is 4.90 Å². The Morgan fingerprint density at radius 2 is 1.71 bits per heavy atom. The molecule has 0 amide bonds. The maximum absolute atomic E-state index is 6.01. The lowest BCUT2D eigenvalue weighted by Crippen LogP contribution is -2.37. The number of benzene rings is 1. The molecule has 0 spiro atoms. The molecule has 0 bridgehead atoms. The van der Waals surface area contributed by atoms with E-state index in [1.807, 2.05) is 12.1 Å². The topological polar surface area (TPSA) is 32.3 Å². The predicted octanol–water partition coefficient (Wildman–Crippen LogP) is 4.36. The number of halogens is 1. The van der Waals surface area contributed by atoms with E-state index >= 15 is 0 Å².